The molecule has 0 saturated carbocycles. The Kier molecular flexibility index (Phi) is 7.54. The molecule has 3 aromatic rings. The molecule has 3 heterocycles. The molecule has 1 aliphatic rings. The van der Waals surface area contributed by atoms with Crippen molar-refractivity contribution in [3.63, 3.8) is 0 Å². The maximum absolute atomic E-state index is 13.7. The third-order valence-corrected chi connectivity index (χ3v) is 7.34. The fraction of sp³-hybridized carbons (Fsp3) is 0.429. The molecule has 4 rings (SSSR count). The summed E-state index contributed by atoms with van der Waals surface area (Å²) >= 11 is 0. The maximum Gasteiger partial charge on any atom is 0.459 e. The van der Waals surface area contributed by atoms with Gasteiger partial charge in [0.15, 0.2) is 17.7 Å². The predicted octanol–water partition coefficient (Wildman–Crippen LogP) is 0.771. The van der Waals surface area contributed by atoms with E-state index in [1.165, 1.54) is 38.2 Å². The fourth-order valence-corrected chi connectivity index (χ4v) is 5.50. The summed E-state index contributed by atoms with van der Waals surface area (Å²) < 4.78 is 37.0. The highest BCUT2D eigenvalue weighted by Crippen LogP contribution is 2.48. The Morgan fingerprint density at radius 2 is 1.92 bits per heavy atom. The summed E-state index contributed by atoms with van der Waals surface area (Å²) in [6.07, 6.45) is -3.59. The summed E-state index contributed by atoms with van der Waals surface area (Å²) in [4.78, 5) is 24.1. The second-order valence-electron chi connectivity index (χ2n) is 8.14. The second kappa shape index (κ2) is 10.5. The molecule has 7 atom stereocenters. The Morgan fingerprint density at radius 1 is 1.19 bits per heavy atom. The van der Waals surface area contributed by atoms with Crippen molar-refractivity contribution < 1.29 is 38.1 Å². The van der Waals surface area contributed by atoms with Crippen LogP contribution in [0.25, 0.3) is 11.2 Å². The lowest BCUT2D eigenvalue weighted by atomic mass is 10.1. The first-order valence-corrected chi connectivity index (χ1v) is 12.5. The van der Waals surface area contributed by atoms with Gasteiger partial charge in [0.05, 0.1) is 19.5 Å². The normalized spacial score (nSPS) is 25.2. The molecule has 2 aromatic heterocycles. The number of anilines is 1. The molecule has 194 valence electrons. The molecule has 0 spiro atoms. The minimum absolute atomic E-state index is 0.143. The van der Waals surface area contributed by atoms with Crippen LogP contribution in [0, 0.1) is 0 Å². The fourth-order valence-electron chi connectivity index (χ4n) is 3.80. The first-order valence-electron chi connectivity index (χ1n) is 11.0. The lowest BCUT2D eigenvalue weighted by molar-refractivity contribution is -0.142. The number of nitrogen functional groups attached to an aromatic ring is 1. The number of nitrogens with two attached hydrogens (primary N) is 1. The quantitative estimate of drug-likeness (QED) is 0.228. The van der Waals surface area contributed by atoms with Crippen molar-refractivity contribution in [2.45, 2.75) is 50.5 Å². The number of carbonyl (C=O) groups excluding carboxylic acids is 1. The van der Waals surface area contributed by atoms with Crippen molar-refractivity contribution >= 4 is 30.7 Å². The van der Waals surface area contributed by atoms with E-state index in [1.807, 2.05) is 0 Å². The number of para-hydroxylation sites is 1. The number of fused-ring (bicyclic) bond motifs is 1. The summed E-state index contributed by atoms with van der Waals surface area (Å²) in [6.45, 7) is 2.92. The average molecular weight is 522 g/mol. The Balaban J connectivity index is 1.56. The van der Waals surface area contributed by atoms with Gasteiger partial charge in [-0.25, -0.2) is 19.5 Å². The lowest BCUT2D eigenvalue weighted by Crippen LogP contribution is -2.41. The van der Waals surface area contributed by atoms with Crippen LogP contribution in [-0.4, -0.2) is 73.3 Å². The predicted molar refractivity (Wildman–Crippen MR) is 125 cm³/mol. The molecule has 1 fully saturated rings. The SMILES string of the molecule is COC(=O)[C@H](C)NP(=O)(Oc1ccccc1)O[C@H](C)[C@H]1O[C@@H](n2cnc3c(N)ncnc32)[C@H](O)[C@@H]1O. The number of aliphatic hydroxyl groups excluding tert-OH is 2. The highest BCUT2D eigenvalue weighted by Gasteiger charge is 2.49. The summed E-state index contributed by atoms with van der Waals surface area (Å²) in [5, 5.41) is 24.0. The standard InChI is InChI=1S/C21H27N6O8P/c1-11(21(30)32-3)26-36(31,35-13-7-5-4-6-8-13)34-12(2)17-15(28)16(29)20(33-17)27-10-25-14-18(22)23-9-24-19(14)27/h4-12,15-17,20,28-29H,1-3H3,(H,26,31)(H2,22,23,24)/t11-,12+,15-,16+,17+,20+,36?/m0/s1. The third kappa shape index (κ3) is 5.19. The molecule has 0 aliphatic carbocycles. The molecule has 1 aliphatic heterocycles. The summed E-state index contributed by atoms with van der Waals surface area (Å²) in [7, 11) is -3.03. The van der Waals surface area contributed by atoms with Crippen LogP contribution in [0.3, 0.4) is 0 Å². The molecule has 14 nitrogen and oxygen atoms in total. The van der Waals surface area contributed by atoms with Gasteiger partial charge in [-0.05, 0) is 26.0 Å². The molecule has 0 radical (unpaired) electrons. The number of ether oxygens (including phenoxy) is 2. The van der Waals surface area contributed by atoms with Gasteiger partial charge in [0.1, 0.15) is 41.9 Å². The molecule has 1 aromatic carbocycles. The first kappa shape index (κ1) is 25.9. The monoisotopic (exact) mass is 522 g/mol. The smallest absolute Gasteiger partial charge is 0.459 e. The van der Waals surface area contributed by atoms with Gasteiger partial charge in [0.25, 0.3) is 0 Å². The van der Waals surface area contributed by atoms with Crippen molar-refractivity contribution in [1.29, 1.82) is 0 Å². The number of nitrogens with zero attached hydrogens (tertiary/aromatic N) is 4. The van der Waals surface area contributed by atoms with Gasteiger partial charge in [-0.3, -0.25) is 13.9 Å². The minimum Gasteiger partial charge on any atom is -0.468 e. The lowest BCUT2D eigenvalue weighted by Gasteiger charge is -2.28. The van der Waals surface area contributed by atoms with Crippen LogP contribution in [0.2, 0.25) is 0 Å². The van der Waals surface area contributed by atoms with Gasteiger partial charge in [0, 0.05) is 0 Å². The first-order chi connectivity index (χ1) is 17.1. The zero-order valence-electron chi connectivity index (χ0n) is 19.7. The van der Waals surface area contributed by atoms with E-state index in [9.17, 15) is 19.6 Å². The van der Waals surface area contributed by atoms with Crippen LogP contribution < -0.4 is 15.3 Å². The number of aliphatic hydroxyl groups is 2. The number of benzene rings is 1. The minimum atomic E-state index is -4.22. The molecule has 5 N–H and O–H groups in total. The van der Waals surface area contributed by atoms with Crippen LogP contribution in [0.1, 0.15) is 20.1 Å². The van der Waals surface area contributed by atoms with Gasteiger partial charge in [-0.15, -0.1) is 0 Å². The highest BCUT2D eigenvalue weighted by molar-refractivity contribution is 7.52. The number of imidazole rings is 1. The zero-order chi connectivity index (χ0) is 26.0. The summed E-state index contributed by atoms with van der Waals surface area (Å²) in [5.74, 6) is -0.334. The molecule has 0 bridgehead atoms. The van der Waals surface area contributed by atoms with E-state index < -0.39 is 50.4 Å². The van der Waals surface area contributed by atoms with Crippen LogP contribution in [0.4, 0.5) is 5.82 Å². The van der Waals surface area contributed by atoms with E-state index in [0.29, 0.717) is 11.2 Å². The molecular formula is C21H27N6O8P. The average Bonchev–Trinajstić information content (AvgIpc) is 3.40. The van der Waals surface area contributed by atoms with Crippen molar-refractivity contribution in [3.8, 4) is 5.75 Å². The summed E-state index contributed by atoms with van der Waals surface area (Å²) in [5.41, 5.74) is 6.42. The van der Waals surface area contributed by atoms with Gasteiger partial charge >= 0.3 is 13.7 Å². The van der Waals surface area contributed by atoms with Gasteiger partial charge in [-0.1, -0.05) is 18.2 Å². The number of nitrogens with one attached hydrogen (secondary N) is 1. The van der Waals surface area contributed by atoms with Gasteiger partial charge in [0.2, 0.25) is 0 Å². The van der Waals surface area contributed by atoms with Crippen molar-refractivity contribution in [3.05, 3.63) is 43.0 Å². The van der Waals surface area contributed by atoms with Crippen LogP contribution in [0.5, 0.6) is 5.75 Å². The number of hydrogen-bond acceptors (Lipinski definition) is 12. The summed E-state index contributed by atoms with van der Waals surface area (Å²) in [6, 6.07) is 7.15. The van der Waals surface area contributed by atoms with Crippen LogP contribution in [-0.2, 0) is 23.4 Å². The zero-order valence-corrected chi connectivity index (χ0v) is 20.6. The van der Waals surface area contributed by atoms with Crippen LogP contribution in [0.15, 0.2) is 43.0 Å². The van der Waals surface area contributed by atoms with E-state index >= 15 is 0 Å². The third-order valence-electron chi connectivity index (χ3n) is 5.58. The van der Waals surface area contributed by atoms with Crippen molar-refractivity contribution in [2.24, 2.45) is 0 Å². The molecule has 0 amide bonds. The Labute approximate surface area is 206 Å². The number of carbonyl (C=O) groups is 1. The van der Waals surface area contributed by atoms with Gasteiger partial charge < -0.3 is 29.9 Å². The van der Waals surface area contributed by atoms with E-state index in [4.69, 9.17) is 19.5 Å². The molecule has 1 unspecified atom stereocenters. The van der Waals surface area contributed by atoms with E-state index in [-0.39, 0.29) is 11.6 Å². The van der Waals surface area contributed by atoms with Crippen molar-refractivity contribution in [1.82, 2.24) is 24.6 Å². The molecule has 15 heteroatoms. The van der Waals surface area contributed by atoms with Crippen molar-refractivity contribution in [2.75, 3.05) is 12.8 Å². The van der Waals surface area contributed by atoms with Crippen LogP contribution >= 0.6 is 7.75 Å². The number of rotatable bonds is 9. The largest absolute Gasteiger partial charge is 0.468 e. The number of methoxy groups -OCH3 is 1. The number of aromatic nitrogens is 4. The Morgan fingerprint density at radius 3 is 2.61 bits per heavy atom. The van der Waals surface area contributed by atoms with E-state index in [1.54, 1.807) is 30.3 Å². The Hall–Kier alpha value is -3.13. The molecule has 1 saturated heterocycles. The molecule has 36 heavy (non-hydrogen) atoms. The van der Waals surface area contributed by atoms with E-state index in [2.05, 4.69) is 24.8 Å². The topological polar surface area (TPSA) is 193 Å². The van der Waals surface area contributed by atoms with Gasteiger partial charge in [-0.2, -0.15) is 5.09 Å². The second-order valence-corrected chi connectivity index (χ2v) is 9.79. The number of hydrogen-bond donors (Lipinski definition) is 4. The Bertz CT molecular complexity index is 1260. The molecular weight excluding hydrogens is 495 g/mol. The maximum atomic E-state index is 13.7. The van der Waals surface area contributed by atoms with E-state index in [0.717, 1.165) is 0 Å². The highest BCUT2D eigenvalue weighted by atomic mass is 31.2. The number of esters is 1.